The lowest BCUT2D eigenvalue weighted by atomic mass is 10.1. The van der Waals surface area contributed by atoms with Crippen LogP contribution in [0.4, 0.5) is 0 Å². The number of hydrogen-bond acceptors (Lipinski definition) is 2. The highest BCUT2D eigenvalue weighted by Crippen LogP contribution is 2.19. The Bertz CT molecular complexity index is 1010. The molecule has 0 unspecified atom stereocenters. The fraction of sp³-hybridized carbons (Fsp3) is 0.263. The van der Waals surface area contributed by atoms with Gasteiger partial charge in [0.25, 0.3) is 0 Å². The Hall–Kier alpha value is -1.86. The van der Waals surface area contributed by atoms with Gasteiger partial charge < -0.3 is 9.88 Å². The molecule has 0 bridgehead atoms. The summed E-state index contributed by atoms with van der Waals surface area (Å²) in [5.74, 6) is 0. The van der Waals surface area contributed by atoms with Crippen molar-refractivity contribution in [2.45, 2.75) is 11.4 Å². The second-order valence-corrected chi connectivity index (χ2v) is 9.02. The predicted molar refractivity (Wildman–Crippen MR) is 103 cm³/mol. The minimum atomic E-state index is -3.44. The maximum atomic E-state index is 12.8. The zero-order valence-electron chi connectivity index (χ0n) is 14.3. The topological polar surface area (TPSA) is 57.6 Å². The van der Waals surface area contributed by atoms with E-state index in [-0.39, 0.29) is 0 Å². The number of fused-ring (bicyclic) bond motifs is 1. The average molecular weight is 391 g/mol. The molecule has 3 aromatic rings. The minimum absolute atomic E-state index is 0.307. The molecule has 2 aromatic carbocycles. The quantitative estimate of drug-likeness (QED) is 0.715. The van der Waals surface area contributed by atoms with Crippen molar-refractivity contribution in [3.05, 3.63) is 65.3 Å². The maximum Gasteiger partial charge on any atom is 0.243 e. The molecule has 0 amide bonds. The van der Waals surface area contributed by atoms with E-state index in [0.29, 0.717) is 23.0 Å². The second-order valence-electron chi connectivity index (χ2n) is 6.64. The SMILES string of the molecule is O=S(=O)(c1ccc(Cl)cc1)N1CC[NH+](Cc2c[nH]c3ccccc23)CC1. The molecule has 1 aliphatic heterocycles. The van der Waals surface area contributed by atoms with Crippen LogP contribution in [0, 0.1) is 0 Å². The summed E-state index contributed by atoms with van der Waals surface area (Å²) in [7, 11) is -3.44. The molecule has 1 fully saturated rings. The number of quaternary nitrogens is 1. The Morgan fingerprint density at radius 3 is 2.46 bits per heavy atom. The van der Waals surface area contributed by atoms with Gasteiger partial charge >= 0.3 is 0 Å². The fourth-order valence-corrected chi connectivity index (χ4v) is 5.09. The third-order valence-electron chi connectivity index (χ3n) is 5.00. The number of nitrogens with zero attached hydrogens (tertiary/aromatic N) is 1. The van der Waals surface area contributed by atoms with Crippen molar-refractivity contribution in [2.75, 3.05) is 26.2 Å². The van der Waals surface area contributed by atoms with Crippen LogP contribution in [-0.2, 0) is 16.6 Å². The first kappa shape index (κ1) is 17.5. The minimum Gasteiger partial charge on any atom is -0.361 e. The van der Waals surface area contributed by atoms with Crippen LogP contribution in [0.15, 0.2) is 59.6 Å². The number of aromatic nitrogens is 1. The van der Waals surface area contributed by atoms with E-state index in [1.807, 2.05) is 12.1 Å². The molecule has 1 aliphatic rings. The van der Waals surface area contributed by atoms with Gasteiger partial charge in [-0.2, -0.15) is 4.31 Å². The summed E-state index contributed by atoms with van der Waals surface area (Å²) in [6, 6.07) is 14.7. The summed E-state index contributed by atoms with van der Waals surface area (Å²) >= 11 is 5.86. The molecule has 0 aliphatic carbocycles. The van der Waals surface area contributed by atoms with Gasteiger partial charge in [-0.15, -0.1) is 0 Å². The van der Waals surface area contributed by atoms with Crippen LogP contribution in [-0.4, -0.2) is 43.9 Å². The highest BCUT2D eigenvalue weighted by molar-refractivity contribution is 7.89. The monoisotopic (exact) mass is 390 g/mol. The Labute approximate surface area is 158 Å². The number of para-hydroxylation sites is 1. The van der Waals surface area contributed by atoms with Crippen molar-refractivity contribution in [3.63, 3.8) is 0 Å². The number of sulfonamides is 1. The van der Waals surface area contributed by atoms with Gasteiger partial charge in [0.05, 0.1) is 31.1 Å². The number of halogens is 1. The molecule has 0 radical (unpaired) electrons. The standard InChI is InChI=1S/C19H20ClN3O2S/c20-16-5-7-17(8-6-16)26(24,25)23-11-9-22(10-12-23)14-15-13-21-19-4-2-1-3-18(15)19/h1-8,13,21H,9-12,14H2/p+1. The number of aromatic amines is 1. The van der Waals surface area contributed by atoms with Gasteiger partial charge in [-0.1, -0.05) is 29.8 Å². The average Bonchev–Trinajstić information content (AvgIpc) is 3.06. The van der Waals surface area contributed by atoms with Gasteiger partial charge in [0.1, 0.15) is 6.54 Å². The van der Waals surface area contributed by atoms with E-state index in [9.17, 15) is 8.42 Å². The highest BCUT2D eigenvalue weighted by Gasteiger charge is 2.30. The van der Waals surface area contributed by atoms with Crippen LogP contribution in [0.25, 0.3) is 10.9 Å². The van der Waals surface area contributed by atoms with E-state index in [2.05, 4.69) is 23.3 Å². The molecule has 0 atom stereocenters. The molecule has 5 nitrogen and oxygen atoms in total. The third-order valence-corrected chi connectivity index (χ3v) is 7.16. The molecule has 1 saturated heterocycles. The first-order valence-electron chi connectivity index (χ1n) is 8.68. The summed E-state index contributed by atoms with van der Waals surface area (Å²) in [5, 5.41) is 1.79. The van der Waals surface area contributed by atoms with Crippen LogP contribution >= 0.6 is 11.6 Å². The molecule has 136 valence electrons. The first-order chi connectivity index (χ1) is 12.5. The number of piperazine rings is 1. The number of H-pyrrole nitrogens is 1. The molecule has 1 aromatic heterocycles. The fourth-order valence-electron chi connectivity index (χ4n) is 3.52. The molecule has 2 heterocycles. The van der Waals surface area contributed by atoms with Gasteiger partial charge in [0.15, 0.2) is 0 Å². The van der Waals surface area contributed by atoms with E-state index >= 15 is 0 Å². The van der Waals surface area contributed by atoms with Crippen LogP contribution in [0.5, 0.6) is 0 Å². The largest absolute Gasteiger partial charge is 0.361 e. The van der Waals surface area contributed by atoms with E-state index in [4.69, 9.17) is 11.6 Å². The Kier molecular flexibility index (Phi) is 4.75. The predicted octanol–water partition coefficient (Wildman–Crippen LogP) is 1.91. The lowest BCUT2D eigenvalue weighted by Crippen LogP contribution is -3.13. The van der Waals surface area contributed by atoms with E-state index in [1.165, 1.54) is 15.8 Å². The number of hydrogen-bond donors (Lipinski definition) is 2. The van der Waals surface area contributed by atoms with Gasteiger partial charge in [-0.05, 0) is 30.3 Å². The number of nitrogens with one attached hydrogen (secondary N) is 2. The van der Waals surface area contributed by atoms with Crippen molar-refractivity contribution >= 4 is 32.5 Å². The summed E-state index contributed by atoms with van der Waals surface area (Å²) < 4.78 is 27.1. The van der Waals surface area contributed by atoms with Gasteiger partial charge in [0.2, 0.25) is 10.0 Å². The van der Waals surface area contributed by atoms with E-state index in [1.54, 1.807) is 28.6 Å². The van der Waals surface area contributed by atoms with E-state index < -0.39 is 10.0 Å². The molecular formula is C19H21ClN3O2S+. The van der Waals surface area contributed by atoms with Crippen molar-refractivity contribution in [3.8, 4) is 0 Å². The maximum absolute atomic E-state index is 12.8. The van der Waals surface area contributed by atoms with Crippen molar-refractivity contribution in [1.82, 2.24) is 9.29 Å². The van der Waals surface area contributed by atoms with Crippen LogP contribution in [0.3, 0.4) is 0 Å². The molecule has 0 saturated carbocycles. The Morgan fingerprint density at radius 2 is 1.73 bits per heavy atom. The molecule has 4 rings (SSSR count). The second kappa shape index (κ2) is 7.04. The van der Waals surface area contributed by atoms with Crippen LogP contribution < -0.4 is 4.90 Å². The van der Waals surface area contributed by atoms with Gasteiger partial charge in [-0.3, -0.25) is 0 Å². The zero-order chi connectivity index (χ0) is 18.1. The summed E-state index contributed by atoms with van der Waals surface area (Å²) in [4.78, 5) is 5.01. The summed E-state index contributed by atoms with van der Waals surface area (Å²) in [6.07, 6.45) is 2.06. The molecule has 0 spiro atoms. The first-order valence-corrected chi connectivity index (χ1v) is 10.5. The Balaban J connectivity index is 1.43. The van der Waals surface area contributed by atoms with Gasteiger partial charge in [0, 0.05) is 27.7 Å². The van der Waals surface area contributed by atoms with Crippen molar-refractivity contribution in [2.24, 2.45) is 0 Å². The summed E-state index contributed by atoms with van der Waals surface area (Å²) in [6.45, 7) is 3.56. The number of rotatable bonds is 4. The number of benzene rings is 2. The van der Waals surface area contributed by atoms with Crippen molar-refractivity contribution in [1.29, 1.82) is 0 Å². The van der Waals surface area contributed by atoms with Crippen molar-refractivity contribution < 1.29 is 13.3 Å². The normalized spacial score (nSPS) is 17.0. The Morgan fingerprint density at radius 1 is 1.04 bits per heavy atom. The lowest BCUT2D eigenvalue weighted by molar-refractivity contribution is -0.917. The third kappa shape index (κ3) is 3.38. The summed E-state index contributed by atoms with van der Waals surface area (Å²) in [5.41, 5.74) is 2.43. The van der Waals surface area contributed by atoms with Gasteiger partial charge in [-0.25, -0.2) is 8.42 Å². The molecule has 2 N–H and O–H groups in total. The lowest BCUT2D eigenvalue weighted by Gasteiger charge is -2.31. The van der Waals surface area contributed by atoms with Crippen LogP contribution in [0.2, 0.25) is 5.02 Å². The molecular weight excluding hydrogens is 370 g/mol. The van der Waals surface area contributed by atoms with E-state index in [0.717, 1.165) is 25.2 Å². The molecule has 26 heavy (non-hydrogen) atoms. The smallest absolute Gasteiger partial charge is 0.243 e. The molecule has 7 heteroatoms. The zero-order valence-corrected chi connectivity index (χ0v) is 15.9. The highest BCUT2D eigenvalue weighted by atomic mass is 35.5. The van der Waals surface area contributed by atoms with Crippen LogP contribution in [0.1, 0.15) is 5.56 Å².